The number of hydrogen-bond donors (Lipinski definition) is 2. The molecule has 0 spiro atoms. The summed E-state index contributed by atoms with van der Waals surface area (Å²) in [6, 6.07) is 2.39. The van der Waals surface area contributed by atoms with Crippen LogP contribution in [0.3, 0.4) is 0 Å². The third-order valence-corrected chi connectivity index (χ3v) is 6.43. The van der Waals surface area contributed by atoms with Crippen LogP contribution >= 0.6 is 0 Å². The number of nitrogens with zero attached hydrogens (tertiary/aromatic N) is 2. The van der Waals surface area contributed by atoms with Gasteiger partial charge in [-0.1, -0.05) is 0 Å². The second-order valence-electron chi connectivity index (χ2n) is 9.45. The first kappa shape index (κ1) is 18.8. The Balaban J connectivity index is 1.55. The van der Waals surface area contributed by atoms with Gasteiger partial charge in [0.15, 0.2) is 0 Å². The van der Waals surface area contributed by atoms with Crippen molar-refractivity contribution in [3.8, 4) is 0 Å². The Morgan fingerprint density at radius 3 is 2.34 bits per heavy atom. The van der Waals surface area contributed by atoms with Gasteiger partial charge >= 0.3 is 7.12 Å². The fraction of sp³-hybridized carbons (Fsp3) is 0.571. The molecule has 29 heavy (non-hydrogen) atoms. The van der Waals surface area contributed by atoms with E-state index in [1.807, 2.05) is 40.0 Å². The smallest absolute Gasteiger partial charge is 0.399 e. The average molecular weight is 394 g/mol. The van der Waals surface area contributed by atoms with Crippen LogP contribution in [0.25, 0.3) is 10.8 Å². The number of nitrogens with one attached hydrogen (secondary N) is 2. The molecule has 2 N–H and O–H groups in total. The molecule has 1 saturated heterocycles. The predicted octanol–water partition coefficient (Wildman–Crippen LogP) is 2.85. The number of carbonyl (C=O) groups excluding carboxylic acids is 1. The van der Waals surface area contributed by atoms with E-state index in [0.717, 1.165) is 47.7 Å². The highest BCUT2D eigenvalue weighted by atomic mass is 16.7. The average Bonchev–Trinajstić information content (AvgIpc) is 3.54. The maximum atomic E-state index is 12.2. The Morgan fingerprint density at radius 2 is 1.72 bits per heavy atom. The molecular weight excluding hydrogens is 367 g/mol. The molecule has 0 unspecified atom stereocenters. The molecule has 7 nitrogen and oxygen atoms in total. The monoisotopic (exact) mass is 394 g/mol. The third-order valence-electron chi connectivity index (χ3n) is 6.43. The zero-order valence-electron chi connectivity index (χ0n) is 17.4. The van der Waals surface area contributed by atoms with Gasteiger partial charge in [0.1, 0.15) is 11.6 Å². The zero-order valence-corrected chi connectivity index (χ0v) is 17.4. The highest BCUT2D eigenvalue weighted by Crippen LogP contribution is 2.38. The first-order valence-corrected chi connectivity index (χ1v) is 10.5. The molecule has 1 amide bonds. The molecule has 0 radical (unpaired) electrons. The number of aromatic nitrogens is 2. The van der Waals surface area contributed by atoms with E-state index in [2.05, 4.69) is 20.6 Å². The molecule has 3 aliphatic rings. The number of amides is 1. The first-order chi connectivity index (χ1) is 13.7. The van der Waals surface area contributed by atoms with Crippen molar-refractivity contribution < 1.29 is 14.1 Å². The maximum absolute atomic E-state index is 12.2. The maximum Gasteiger partial charge on any atom is 0.497 e. The van der Waals surface area contributed by atoms with Crippen molar-refractivity contribution in [1.82, 2.24) is 9.97 Å². The summed E-state index contributed by atoms with van der Waals surface area (Å²) in [6.07, 6.45) is 7.83. The fourth-order valence-electron chi connectivity index (χ4n) is 3.49. The van der Waals surface area contributed by atoms with Gasteiger partial charge in [-0.15, -0.1) is 0 Å². The molecule has 1 aliphatic heterocycles. The van der Waals surface area contributed by atoms with Gasteiger partial charge in [0, 0.05) is 35.2 Å². The van der Waals surface area contributed by atoms with Crippen LogP contribution in [0.2, 0.25) is 0 Å². The lowest BCUT2D eigenvalue weighted by Gasteiger charge is -2.32. The number of carbonyl (C=O) groups is 1. The normalized spacial score (nSPS) is 22.7. The van der Waals surface area contributed by atoms with Crippen molar-refractivity contribution in [3.05, 3.63) is 18.5 Å². The van der Waals surface area contributed by atoms with E-state index in [-0.39, 0.29) is 11.8 Å². The molecule has 3 heterocycles. The molecule has 2 aromatic rings. The molecule has 2 aliphatic carbocycles. The van der Waals surface area contributed by atoms with E-state index in [4.69, 9.17) is 9.31 Å². The van der Waals surface area contributed by atoms with E-state index in [9.17, 15) is 4.79 Å². The first-order valence-electron chi connectivity index (χ1n) is 10.5. The Labute approximate surface area is 171 Å². The summed E-state index contributed by atoms with van der Waals surface area (Å²) in [7, 11) is -0.528. The molecule has 2 saturated carbocycles. The highest BCUT2D eigenvalue weighted by molar-refractivity contribution is 6.65. The van der Waals surface area contributed by atoms with Gasteiger partial charge in [0.25, 0.3) is 0 Å². The van der Waals surface area contributed by atoms with E-state index < -0.39 is 18.3 Å². The lowest BCUT2D eigenvalue weighted by Crippen LogP contribution is -2.41. The Bertz CT molecular complexity index is 969. The number of rotatable bonds is 5. The SMILES string of the molecule is CC1(C)OB(c2cnc(NC3CC3)c3cnc(NC(=O)C4CC4)cc23)OC1(C)C. The molecule has 0 atom stereocenters. The van der Waals surface area contributed by atoms with Crippen LogP contribution in [0.4, 0.5) is 11.6 Å². The molecule has 5 rings (SSSR count). The summed E-state index contributed by atoms with van der Waals surface area (Å²) in [5.41, 5.74) is -0.0278. The topological polar surface area (TPSA) is 85.4 Å². The van der Waals surface area contributed by atoms with Crippen molar-refractivity contribution in [2.24, 2.45) is 5.92 Å². The van der Waals surface area contributed by atoms with Crippen LogP contribution < -0.4 is 16.1 Å². The van der Waals surface area contributed by atoms with Crippen LogP contribution in [0.5, 0.6) is 0 Å². The molecule has 2 aromatic heterocycles. The molecular formula is C21H27BN4O3. The lowest BCUT2D eigenvalue weighted by atomic mass is 9.77. The predicted molar refractivity (Wildman–Crippen MR) is 113 cm³/mol. The minimum absolute atomic E-state index is 0.0411. The minimum Gasteiger partial charge on any atom is -0.399 e. The highest BCUT2D eigenvalue weighted by Gasteiger charge is 2.52. The van der Waals surface area contributed by atoms with Crippen LogP contribution in [0.15, 0.2) is 18.5 Å². The second-order valence-corrected chi connectivity index (χ2v) is 9.45. The summed E-state index contributed by atoms with van der Waals surface area (Å²) in [5, 5.41) is 8.27. The van der Waals surface area contributed by atoms with Crippen LogP contribution in [0, 0.1) is 5.92 Å². The Kier molecular flexibility index (Phi) is 4.16. The Morgan fingerprint density at radius 1 is 1.03 bits per heavy atom. The zero-order chi connectivity index (χ0) is 20.4. The fourth-order valence-corrected chi connectivity index (χ4v) is 3.49. The third kappa shape index (κ3) is 3.49. The number of pyridine rings is 2. The summed E-state index contributed by atoms with van der Waals surface area (Å²) >= 11 is 0. The van der Waals surface area contributed by atoms with Crippen LogP contribution in [0.1, 0.15) is 53.4 Å². The molecule has 152 valence electrons. The molecule has 3 fully saturated rings. The summed E-state index contributed by atoms with van der Waals surface area (Å²) < 4.78 is 12.5. The Hall–Kier alpha value is -2.19. The van der Waals surface area contributed by atoms with Crippen molar-refractivity contribution in [3.63, 3.8) is 0 Å². The van der Waals surface area contributed by atoms with Crippen LogP contribution in [-0.2, 0) is 14.1 Å². The van der Waals surface area contributed by atoms with Gasteiger partial charge in [0.05, 0.1) is 11.2 Å². The minimum atomic E-state index is -0.528. The largest absolute Gasteiger partial charge is 0.497 e. The summed E-state index contributed by atoms with van der Waals surface area (Å²) in [5.74, 6) is 1.53. The van der Waals surface area contributed by atoms with E-state index in [0.29, 0.717) is 11.9 Å². The quantitative estimate of drug-likeness (QED) is 0.759. The summed E-state index contributed by atoms with van der Waals surface area (Å²) in [4.78, 5) is 21.4. The van der Waals surface area contributed by atoms with Gasteiger partial charge < -0.3 is 19.9 Å². The lowest BCUT2D eigenvalue weighted by molar-refractivity contribution is -0.117. The van der Waals surface area contributed by atoms with E-state index in [1.54, 1.807) is 6.20 Å². The molecule has 0 aromatic carbocycles. The van der Waals surface area contributed by atoms with Gasteiger partial charge in [0.2, 0.25) is 5.91 Å². The van der Waals surface area contributed by atoms with Crippen molar-refractivity contribution in [2.75, 3.05) is 10.6 Å². The van der Waals surface area contributed by atoms with Gasteiger partial charge in [-0.25, -0.2) is 9.97 Å². The van der Waals surface area contributed by atoms with Crippen molar-refractivity contribution in [1.29, 1.82) is 0 Å². The van der Waals surface area contributed by atoms with Gasteiger partial charge in [-0.05, 0) is 64.8 Å². The standard InChI is InChI=1S/C21H27BN4O3/c1-20(2)21(3,4)29-22(28-20)16-11-24-18(25-13-7-8-13)15-10-23-17(9-14(15)16)26-19(27)12-5-6-12/h9-13H,5-8H2,1-4H3,(H,24,25)(H,23,26,27). The molecule has 0 bridgehead atoms. The molecule has 8 heteroatoms. The van der Waals surface area contributed by atoms with Gasteiger partial charge in [-0.3, -0.25) is 4.79 Å². The second kappa shape index (κ2) is 6.41. The number of anilines is 2. The van der Waals surface area contributed by atoms with Crippen molar-refractivity contribution >= 4 is 40.9 Å². The van der Waals surface area contributed by atoms with Gasteiger partial charge in [-0.2, -0.15) is 0 Å². The number of fused-ring (bicyclic) bond motifs is 1. The van der Waals surface area contributed by atoms with Crippen molar-refractivity contribution in [2.45, 2.75) is 70.6 Å². The van der Waals surface area contributed by atoms with Crippen LogP contribution in [-0.4, -0.2) is 40.2 Å². The van der Waals surface area contributed by atoms with E-state index >= 15 is 0 Å². The van der Waals surface area contributed by atoms with E-state index in [1.165, 1.54) is 0 Å². The number of hydrogen-bond acceptors (Lipinski definition) is 6. The summed E-state index contributed by atoms with van der Waals surface area (Å²) in [6.45, 7) is 8.14.